The number of rotatable bonds is 2. The zero-order valence-electron chi connectivity index (χ0n) is 16.0. The first-order valence-corrected chi connectivity index (χ1v) is 10.0. The molecule has 0 saturated carbocycles. The highest BCUT2D eigenvalue weighted by Crippen LogP contribution is 2.47. The Labute approximate surface area is 164 Å². The van der Waals surface area contributed by atoms with E-state index < -0.39 is 0 Å². The molecule has 6 heteroatoms. The molecule has 1 aromatic carbocycles. The second-order valence-corrected chi connectivity index (χ2v) is 8.35. The van der Waals surface area contributed by atoms with E-state index in [1.54, 1.807) is 31.4 Å². The van der Waals surface area contributed by atoms with E-state index >= 15 is 0 Å². The molecule has 1 aromatic heterocycles. The van der Waals surface area contributed by atoms with Crippen LogP contribution in [0, 0.1) is 5.92 Å². The summed E-state index contributed by atoms with van der Waals surface area (Å²) < 4.78 is 1.46. The largest absolute Gasteiger partial charge is 0.508 e. The van der Waals surface area contributed by atoms with Crippen LogP contribution in [0.25, 0.3) is 0 Å². The number of benzene rings is 1. The summed E-state index contributed by atoms with van der Waals surface area (Å²) in [7, 11) is 1.68. The topological polar surface area (TPSA) is 65.8 Å². The Kier molecular flexibility index (Phi) is 4.05. The summed E-state index contributed by atoms with van der Waals surface area (Å²) in [4.78, 5) is 30.5. The van der Waals surface area contributed by atoms with Gasteiger partial charge in [-0.05, 0) is 61.7 Å². The molecule has 0 spiro atoms. The van der Waals surface area contributed by atoms with Crippen LogP contribution in [0.15, 0.2) is 47.4 Å². The van der Waals surface area contributed by atoms with E-state index in [-0.39, 0.29) is 40.8 Å². The van der Waals surface area contributed by atoms with Crippen molar-refractivity contribution in [3.63, 3.8) is 0 Å². The minimum absolute atomic E-state index is 0.132. The Balaban J connectivity index is 1.56. The lowest BCUT2D eigenvalue weighted by atomic mass is 9.75. The fourth-order valence-electron chi connectivity index (χ4n) is 5.62. The third-order valence-electron chi connectivity index (χ3n) is 6.91. The highest BCUT2D eigenvalue weighted by atomic mass is 16.3. The number of fused-ring (bicyclic) bond motifs is 2. The van der Waals surface area contributed by atoms with Crippen LogP contribution in [-0.4, -0.2) is 57.1 Å². The van der Waals surface area contributed by atoms with Crippen LogP contribution in [0.5, 0.6) is 5.75 Å². The van der Waals surface area contributed by atoms with Gasteiger partial charge in [0.1, 0.15) is 11.3 Å². The molecule has 1 amide bonds. The molecule has 0 radical (unpaired) electrons. The molecule has 1 N–H and O–H groups in total. The van der Waals surface area contributed by atoms with Gasteiger partial charge in [-0.25, -0.2) is 0 Å². The lowest BCUT2D eigenvalue weighted by Gasteiger charge is -2.51. The fraction of sp³-hybridized carbons (Fsp3) is 0.455. The zero-order chi connectivity index (χ0) is 19.4. The molecule has 4 aliphatic rings. The van der Waals surface area contributed by atoms with Crippen molar-refractivity contribution in [1.29, 1.82) is 0 Å². The van der Waals surface area contributed by atoms with Gasteiger partial charge in [0.05, 0.1) is 6.04 Å². The van der Waals surface area contributed by atoms with Gasteiger partial charge in [-0.15, -0.1) is 0 Å². The van der Waals surface area contributed by atoms with Crippen LogP contribution >= 0.6 is 0 Å². The Morgan fingerprint density at radius 2 is 1.89 bits per heavy atom. The van der Waals surface area contributed by atoms with Crippen LogP contribution in [-0.2, 0) is 7.05 Å². The number of hydrogen-bond acceptors (Lipinski definition) is 4. The highest BCUT2D eigenvalue weighted by Gasteiger charge is 2.54. The molecule has 0 aliphatic carbocycles. The van der Waals surface area contributed by atoms with Gasteiger partial charge in [0, 0.05) is 31.7 Å². The van der Waals surface area contributed by atoms with E-state index in [0.29, 0.717) is 12.5 Å². The van der Waals surface area contributed by atoms with Gasteiger partial charge in [0.2, 0.25) is 0 Å². The van der Waals surface area contributed by atoms with Crippen LogP contribution in [0.1, 0.15) is 34.7 Å². The SMILES string of the molecule is Cn1cccc(C(=O)N2C[C@@H](c3cccc(O)c3)[C@@H]3[C@H]2C2CCN3CC2)c1=O. The number of likely N-dealkylation sites (tertiary alicyclic amines) is 1. The van der Waals surface area contributed by atoms with E-state index in [2.05, 4.69) is 4.90 Å². The van der Waals surface area contributed by atoms with E-state index in [4.69, 9.17) is 0 Å². The van der Waals surface area contributed by atoms with Crippen LogP contribution in [0.3, 0.4) is 0 Å². The summed E-state index contributed by atoms with van der Waals surface area (Å²) in [6.45, 7) is 2.72. The average Bonchev–Trinajstić information content (AvgIpc) is 3.13. The van der Waals surface area contributed by atoms with Crippen LogP contribution in [0.2, 0.25) is 0 Å². The van der Waals surface area contributed by atoms with Gasteiger partial charge in [-0.2, -0.15) is 0 Å². The average molecular weight is 379 g/mol. The van der Waals surface area contributed by atoms with Crippen molar-refractivity contribution in [1.82, 2.24) is 14.4 Å². The maximum absolute atomic E-state index is 13.4. The quantitative estimate of drug-likeness (QED) is 0.864. The van der Waals surface area contributed by atoms with Gasteiger partial charge >= 0.3 is 0 Å². The number of pyridine rings is 1. The molecule has 6 nitrogen and oxygen atoms in total. The molecular formula is C22H25N3O3. The summed E-state index contributed by atoms with van der Waals surface area (Å²) in [5.41, 5.74) is 1.07. The molecule has 146 valence electrons. The number of carbonyl (C=O) groups is 1. The zero-order valence-corrected chi connectivity index (χ0v) is 16.0. The van der Waals surface area contributed by atoms with E-state index in [0.717, 1.165) is 31.5 Å². The van der Waals surface area contributed by atoms with E-state index in [9.17, 15) is 14.7 Å². The second kappa shape index (κ2) is 6.48. The first-order valence-electron chi connectivity index (χ1n) is 10.0. The maximum Gasteiger partial charge on any atom is 0.263 e. The number of hydrogen-bond donors (Lipinski definition) is 1. The lowest BCUT2D eigenvalue weighted by Crippen LogP contribution is -2.61. The van der Waals surface area contributed by atoms with Crippen molar-refractivity contribution >= 4 is 5.91 Å². The predicted octanol–water partition coefficient (Wildman–Crippen LogP) is 1.79. The van der Waals surface area contributed by atoms with Gasteiger partial charge in [-0.3, -0.25) is 14.5 Å². The molecule has 4 aliphatic heterocycles. The Hall–Kier alpha value is -2.60. The third-order valence-corrected chi connectivity index (χ3v) is 6.91. The molecule has 28 heavy (non-hydrogen) atoms. The summed E-state index contributed by atoms with van der Waals surface area (Å²) in [6.07, 6.45) is 3.88. The summed E-state index contributed by atoms with van der Waals surface area (Å²) in [6, 6.07) is 11.2. The van der Waals surface area contributed by atoms with Crippen LogP contribution in [0.4, 0.5) is 0 Å². The number of amides is 1. The molecule has 2 aromatic rings. The van der Waals surface area contributed by atoms with Crippen molar-refractivity contribution < 1.29 is 9.90 Å². The Bertz CT molecular complexity index is 977. The first-order chi connectivity index (χ1) is 13.5. The summed E-state index contributed by atoms with van der Waals surface area (Å²) in [5.74, 6) is 0.727. The molecule has 5 heterocycles. The van der Waals surface area contributed by atoms with Gasteiger partial charge in [0.15, 0.2) is 0 Å². The van der Waals surface area contributed by atoms with Gasteiger partial charge in [-0.1, -0.05) is 12.1 Å². The molecule has 2 bridgehead atoms. The number of carbonyl (C=O) groups excluding carboxylic acids is 1. The maximum atomic E-state index is 13.4. The van der Waals surface area contributed by atoms with Crippen molar-refractivity contribution in [2.24, 2.45) is 13.0 Å². The van der Waals surface area contributed by atoms with E-state index in [1.807, 2.05) is 23.1 Å². The molecular weight excluding hydrogens is 354 g/mol. The van der Waals surface area contributed by atoms with Crippen LogP contribution < -0.4 is 5.56 Å². The summed E-state index contributed by atoms with van der Waals surface area (Å²) >= 11 is 0. The predicted molar refractivity (Wildman–Crippen MR) is 105 cm³/mol. The molecule has 6 rings (SSSR count). The second-order valence-electron chi connectivity index (χ2n) is 8.35. The number of aryl methyl sites for hydroxylation is 1. The molecule has 4 fully saturated rings. The van der Waals surface area contributed by atoms with Crippen molar-refractivity contribution in [2.75, 3.05) is 19.6 Å². The summed E-state index contributed by atoms with van der Waals surface area (Å²) in [5, 5.41) is 9.98. The molecule has 0 unspecified atom stereocenters. The number of phenols is 1. The Morgan fingerprint density at radius 1 is 1.11 bits per heavy atom. The number of piperidine rings is 3. The molecule has 4 saturated heterocycles. The fourth-order valence-corrected chi connectivity index (χ4v) is 5.62. The highest BCUT2D eigenvalue weighted by molar-refractivity contribution is 5.94. The number of aromatic nitrogens is 1. The first kappa shape index (κ1) is 17.5. The number of phenolic OH excluding ortho intramolecular Hbond substituents is 1. The Morgan fingerprint density at radius 3 is 2.64 bits per heavy atom. The number of aromatic hydroxyl groups is 1. The normalized spacial score (nSPS) is 31.0. The minimum Gasteiger partial charge on any atom is -0.508 e. The van der Waals surface area contributed by atoms with Crippen molar-refractivity contribution in [3.05, 3.63) is 64.1 Å². The smallest absolute Gasteiger partial charge is 0.263 e. The van der Waals surface area contributed by atoms with Crippen molar-refractivity contribution in [3.8, 4) is 5.75 Å². The lowest BCUT2D eigenvalue weighted by molar-refractivity contribution is -0.00348. The molecule has 3 atom stereocenters. The number of nitrogens with zero attached hydrogens (tertiary/aromatic N) is 3. The standard InChI is InChI=1S/C22H25N3O3/c1-23-9-3-6-17(21(23)27)22(28)25-13-18(15-4-2-5-16(26)12-15)20-19(25)14-7-10-24(20)11-8-14/h2-6,9,12,14,18-20,26H,7-8,10-11,13H2,1H3/t18-,19+,20+/m0/s1. The van der Waals surface area contributed by atoms with Crippen molar-refractivity contribution in [2.45, 2.75) is 30.8 Å². The van der Waals surface area contributed by atoms with Gasteiger partial charge in [0.25, 0.3) is 11.5 Å². The third kappa shape index (κ3) is 2.58. The van der Waals surface area contributed by atoms with E-state index in [1.165, 1.54) is 4.57 Å². The minimum atomic E-state index is -0.244. The van der Waals surface area contributed by atoms with Gasteiger partial charge < -0.3 is 14.6 Å². The monoisotopic (exact) mass is 379 g/mol.